The van der Waals surface area contributed by atoms with E-state index in [0.717, 1.165) is 49.9 Å². The molecule has 0 heterocycles. The van der Waals surface area contributed by atoms with Crippen molar-refractivity contribution in [2.75, 3.05) is 26.2 Å². The number of carboxylic acid groups (broad SMARTS) is 1. The van der Waals surface area contributed by atoms with Crippen LogP contribution in [0.3, 0.4) is 0 Å². The first kappa shape index (κ1) is 26.4. The van der Waals surface area contributed by atoms with Crippen LogP contribution in [0, 0.1) is 0 Å². The smallest absolute Gasteiger partial charge is 0.335 e. The third kappa shape index (κ3) is 11.1. The third-order valence-corrected chi connectivity index (χ3v) is 6.23. The summed E-state index contributed by atoms with van der Waals surface area (Å²) in [6.45, 7) is 12.8. The molecule has 0 rings (SSSR count). The molecule has 1 atom stereocenters. The van der Waals surface area contributed by atoms with Crippen LogP contribution in [0.5, 0.6) is 0 Å². The van der Waals surface area contributed by atoms with Gasteiger partial charge >= 0.3 is 5.97 Å². The van der Waals surface area contributed by atoms with Gasteiger partial charge < -0.3 is 14.7 Å². The highest BCUT2D eigenvalue weighted by Crippen LogP contribution is 2.24. The van der Waals surface area contributed by atoms with Gasteiger partial charge in [0.1, 0.15) is 0 Å². The molecule has 0 saturated carbocycles. The first-order valence-electron chi connectivity index (χ1n) is 11.7. The molecule has 0 radical (unpaired) electrons. The van der Waals surface area contributed by atoms with Crippen LogP contribution in [-0.2, 0) is 4.79 Å². The van der Waals surface area contributed by atoms with E-state index in [-0.39, 0.29) is 0 Å². The molecule has 0 amide bonds. The predicted octanol–water partition coefficient (Wildman–Crippen LogP) is 5.77. The minimum atomic E-state index is -1.55. The van der Waals surface area contributed by atoms with Crippen molar-refractivity contribution in [2.45, 2.75) is 117 Å². The van der Waals surface area contributed by atoms with E-state index in [9.17, 15) is 15.0 Å². The molecule has 0 spiro atoms. The molecule has 0 aromatic carbocycles. The summed E-state index contributed by atoms with van der Waals surface area (Å²) in [5.41, 5.74) is -1.55. The first-order chi connectivity index (χ1) is 12.9. The van der Waals surface area contributed by atoms with Crippen molar-refractivity contribution in [1.29, 1.82) is 0 Å². The average Bonchev–Trinajstić information content (AvgIpc) is 2.66. The van der Waals surface area contributed by atoms with Crippen LogP contribution in [0.25, 0.3) is 0 Å². The number of carbonyl (C=O) groups is 1. The van der Waals surface area contributed by atoms with Crippen LogP contribution in [0.2, 0.25) is 0 Å². The molecule has 0 saturated heterocycles. The van der Waals surface area contributed by atoms with E-state index in [1.165, 1.54) is 51.4 Å². The molecule has 27 heavy (non-hydrogen) atoms. The Hall–Kier alpha value is -0.610. The number of quaternary nitrogens is 1. The summed E-state index contributed by atoms with van der Waals surface area (Å²) in [6, 6.07) is 0. The molecule has 0 aromatic rings. The second-order valence-corrected chi connectivity index (χ2v) is 8.49. The largest absolute Gasteiger partial charge is 0.479 e. The van der Waals surface area contributed by atoms with Crippen molar-refractivity contribution in [3.05, 3.63) is 0 Å². The molecule has 1 unspecified atom stereocenters. The standard InChI is InChI=1S/C23H47NO3/c1-5-9-12-15-19-24(8-4,20-16-13-10-6-2)21-18-23(27,22(25)26)17-14-11-7-3/h27H,5-21H2,1-4H3/p+1. The van der Waals surface area contributed by atoms with Gasteiger partial charge in [-0.1, -0.05) is 59.3 Å². The van der Waals surface area contributed by atoms with Gasteiger partial charge in [-0.05, 0) is 45.4 Å². The van der Waals surface area contributed by atoms with Gasteiger partial charge in [0.15, 0.2) is 5.60 Å². The zero-order valence-corrected chi connectivity index (χ0v) is 18.8. The summed E-state index contributed by atoms with van der Waals surface area (Å²) in [6.07, 6.45) is 13.5. The van der Waals surface area contributed by atoms with Gasteiger partial charge in [0, 0.05) is 6.42 Å². The summed E-state index contributed by atoms with van der Waals surface area (Å²) >= 11 is 0. The lowest BCUT2D eigenvalue weighted by Crippen LogP contribution is -2.53. The van der Waals surface area contributed by atoms with Crippen molar-refractivity contribution in [2.24, 2.45) is 0 Å². The summed E-state index contributed by atoms with van der Waals surface area (Å²) < 4.78 is 0.969. The average molecular weight is 387 g/mol. The number of hydrogen-bond donors (Lipinski definition) is 2. The van der Waals surface area contributed by atoms with Gasteiger partial charge in [-0.3, -0.25) is 0 Å². The zero-order chi connectivity index (χ0) is 20.6. The maximum atomic E-state index is 11.8. The van der Waals surface area contributed by atoms with E-state index in [0.29, 0.717) is 12.8 Å². The first-order valence-corrected chi connectivity index (χ1v) is 11.7. The Morgan fingerprint density at radius 2 is 1.19 bits per heavy atom. The Morgan fingerprint density at radius 1 is 0.704 bits per heavy atom. The maximum absolute atomic E-state index is 11.8. The molecule has 0 aliphatic heterocycles. The molecule has 0 fully saturated rings. The zero-order valence-electron chi connectivity index (χ0n) is 18.8. The lowest BCUT2D eigenvalue weighted by atomic mass is 9.91. The highest BCUT2D eigenvalue weighted by atomic mass is 16.4. The van der Waals surface area contributed by atoms with Crippen LogP contribution in [-0.4, -0.2) is 52.4 Å². The lowest BCUT2D eigenvalue weighted by molar-refractivity contribution is -0.927. The summed E-state index contributed by atoms with van der Waals surface area (Å²) in [7, 11) is 0. The van der Waals surface area contributed by atoms with Crippen molar-refractivity contribution in [3.8, 4) is 0 Å². The maximum Gasteiger partial charge on any atom is 0.335 e. The minimum Gasteiger partial charge on any atom is -0.479 e. The van der Waals surface area contributed by atoms with E-state index in [4.69, 9.17) is 0 Å². The van der Waals surface area contributed by atoms with Crippen LogP contribution in [0.4, 0.5) is 0 Å². The SMILES string of the molecule is CCCCCC[N+](CC)(CCCCCC)CCC(O)(CCCCC)C(=O)O. The fraction of sp³-hybridized carbons (Fsp3) is 0.957. The second-order valence-electron chi connectivity index (χ2n) is 8.49. The summed E-state index contributed by atoms with van der Waals surface area (Å²) in [5.74, 6) is -1.04. The molecular formula is C23H48NO3+. The number of nitrogens with zero attached hydrogens (tertiary/aromatic N) is 1. The molecule has 0 aliphatic carbocycles. The van der Waals surface area contributed by atoms with Crippen molar-refractivity contribution in [3.63, 3.8) is 0 Å². The van der Waals surface area contributed by atoms with E-state index >= 15 is 0 Å². The second kappa shape index (κ2) is 15.3. The Balaban J connectivity index is 4.95. The monoisotopic (exact) mass is 386 g/mol. The quantitative estimate of drug-likeness (QED) is 0.219. The van der Waals surface area contributed by atoms with E-state index in [1.54, 1.807) is 0 Å². The molecule has 162 valence electrons. The fourth-order valence-corrected chi connectivity index (χ4v) is 3.99. The van der Waals surface area contributed by atoms with E-state index in [2.05, 4.69) is 27.7 Å². The molecule has 4 nitrogen and oxygen atoms in total. The Bertz CT molecular complexity index is 361. The molecule has 2 N–H and O–H groups in total. The Labute approximate surface area is 168 Å². The van der Waals surface area contributed by atoms with Crippen molar-refractivity contribution < 1.29 is 19.5 Å². The predicted molar refractivity (Wildman–Crippen MR) is 115 cm³/mol. The van der Waals surface area contributed by atoms with E-state index < -0.39 is 11.6 Å². The third-order valence-electron chi connectivity index (χ3n) is 6.23. The number of hydrogen-bond acceptors (Lipinski definition) is 2. The van der Waals surface area contributed by atoms with Crippen LogP contribution in [0.1, 0.15) is 111 Å². The fourth-order valence-electron chi connectivity index (χ4n) is 3.99. The minimum absolute atomic E-state index is 0.376. The van der Waals surface area contributed by atoms with Gasteiger partial charge in [0.25, 0.3) is 0 Å². The number of aliphatic carboxylic acids is 1. The molecule has 0 aliphatic rings. The molecule has 0 aromatic heterocycles. The molecule has 0 bridgehead atoms. The summed E-state index contributed by atoms with van der Waals surface area (Å²) in [5, 5.41) is 20.4. The van der Waals surface area contributed by atoms with Gasteiger partial charge in [-0.25, -0.2) is 4.79 Å². The van der Waals surface area contributed by atoms with Gasteiger partial charge in [0.05, 0.1) is 26.2 Å². The number of rotatable bonds is 19. The van der Waals surface area contributed by atoms with Crippen LogP contribution >= 0.6 is 0 Å². The highest BCUT2D eigenvalue weighted by Gasteiger charge is 2.38. The highest BCUT2D eigenvalue weighted by molar-refractivity contribution is 5.76. The van der Waals surface area contributed by atoms with Gasteiger partial charge in [-0.15, -0.1) is 0 Å². The number of unbranched alkanes of at least 4 members (excludes halogenated alkanes) is 8. The van der Waals surface area contributed by atoms with Crippen LogP contribution in [0.15, 0.2) is 0 Å². The Kier molecular flexibility index (Phi) is 15.0. The number of aliphatic hydroxyl groups is 1. The lowest BCUT2D eigenvalue weighted by Gasteiger charge is -2.40. The van der Waals surface area contributed by atoms with Crippen molar-refractivity contribution >= 4 is 5.97 Å². The van der Waals surface area contributed by atoms with Gasteiger partial charge in [0.2, 0.25) is 0 Å². The normalized spacial score (nSPS) is 14.3. The molecular weight excluding hydrogens is 338 g/mol. The van der Waals surface area contributed by atoms with E-state index in [1.807, 2.05) is 0 Å². The van der Waals surface area contributed by atoms with Crippen LogP contribution < -0.4 is 0 Å². The summed E-state index contributed by atoms with van der Waals surface area (Å²) in [4.78, 5) is 11.8. The molecule has 4 heteroatoms. The Morgan fingerprint density at radius 3 is 1.59 bits per heavy atom. The number of carboxylic acids is 1. The van der Waals surface area contributed by atoms with Crippen molar-refractivity contribution in [1.82, 2.24) is 0 Å². The topological polar surface area (TPSA) is 57.5 Å². The van der Waals surface area contributed by atoms with Gasteiger partial charge in [-0.2, -0.15) is 0 Å².